The molecule has 0 spiro atoms. The molecule has 1 nitrogen and oxygen atoms in total. The Morgan fingerprint density at radius 3 is 2.48 bits per heavy atom. The van der Waals surface area contributed by atoms with Crippen LogP contribution in [-0.4, -0.2) is 4.98 Å². The van der Waals surface area contributed by atoms with Crippen LogP contribution >= 0.6 is 0 Å². The van der Waals surface area contributed by atoms with E-state index in [1.807, 2.05) is 0 Å². The molecule has 0 bridgehead atoms. The van der Waals surface area contributed by atoms with Crippen LogP contribution in [0.15, 0.2) is 60.8 Å². The third kappa shape index (κ3) is 2.34. The zero-order valence-corrected chi connectivity index (χ0v) is 16.5. The van der Waals surface area contributed by atoms with Gasteiger partial charge in [-0.3, -0.25) is 4.98 Å². The van der Waals surface area contributed by atoms with Crippen LogP contribution in [0.1, 0.15) is 44.4 Å². The fourth-order valence-corrected chi connectivity index (χ4v) is 4.89. The van der Waals surface area contributed by atoms with Gasteiger partial charge < -0.3 is 0 Å². The van der Waals surface area contributed by atoms with E-state index in [1.165, 1.54) is 43.8 Å². The summed E-state index contributed by atoms with van der Waals surface area (Å²) in [5.41, 5.74) is 6.54. The third-order valence-electron chi connectivity index (χ3n) is 6.06. The van der Waals surface area contributed by atoms with E-state index in [0.717, 1.165) is 12.1 Å². The molecule has 1 aliphatic rings. The summed E-state index contributed by atoms with van der Waals surface area (Å²) in [6.07, 6.45) is 3.16. The van der Waals surface area contributed by atoms with E-state index in [9.17, 15) is 0 Å². The first-order valence-electron chi connectivity index (χ1n) is 9.91. The zero-order chi connectivity index (χ0) is 18.8. The van der Waals surface area contributed by atoms with Crippen molar-refractivity contribution in [2.45, 2.75) is 39.5 Å². The van der Waals surface area contributed by atoms with Gasteiger partial charge in [-0.15, -0.1) is 0 Å². The van der Waals surface area contributed by atoms with Crippen molar-refractivity contribution in [1.29, 1.82) is 0 Å². The van der Waals surface area contributed by atoms with E-state index in [0.29, 0.717) is 5.92 Å². The minimum Gasteiger partial charge on any atom is -0.255 e. The second-order valence-electron chi connectivity index (χ2n) is 8.84. The van der Waals surface area contributed by atoms with Crippen LogP contribution in [0.2, 0.25) is 0 Å². The van der Waals surface area contributed by atoms with Gasteiger partial charge in [-0.05, 0) is 45.2 Å². The second kappa shape index (κ2) is 5.66. The summed E-state index contributed by atoms with van der Waals surface area (Å²) >= 11 is 0. The minimum absolute atomic E-state index is 0.0772. The van der Waals surface area contributed by atoms with E-state index in [1.54, 1.807) is 0 Å². The van der Waals surface area contributed by atoms with Crippen molar-refractivity contribution in [1.82, 2.24) is 4.98 Å². The normalized spacial score (nSPS) is 14.7. The Kier molecular flexibility index (Phi) is 3.46. The molecule has 0 saturated carbocycles. The summed E-state index contributed by atoms with van der Waals surface area (Å²) in [4.78, 5) is 4.96. The molecule has 1 heteroatoms. The summed E-state index contributed by atoms with van der Waals surface area (Å²) in [7, 11) is 0. The highest BCUT2D eigenvalue weighted by molar-refractivity contribution is 6.05. The van der Waals surface area contributed by atoms with Gasteiger partial charge in [0.15, 0.2) is 0 Å². The van der Waals surface area contributed by atoms with E-state index in [-0.39, 0.29) is 5.41 Å². The molecular weight excluding hydrogens is 326 g/mol. The smallest absolute Gasteiger partial charge is 0.0755 e. The molecule has 0 atom stereocenters. The minimum atomic E-state index is -0.0772. The lowest BCUT2D eigenvalue weighted by atomic mass is 9.68. The van der Waals surface area contributed by atoms with Crippen molar-refractivity contribution in [3.63, 3.8) is 0 Å². The Balaban J connectivity index is 1.91. The standard InChI is InChI=1S/C26H25N/c1-16(2)13-17-11-12-19-15-27-25-20-9-5-7-18-8-6-10-22(23(18)20)26(3,4)24(25)21(19)14-17/h5-12,14-16H,13H2,1-4H3. The third-order valence-corrected chi connectivity index (χ3v) is 6.06. The quantitative estimate of drug-likeness (QED) is 0.383. The van der Waals surface area contributed by atoms with Gasteiger partial charge in [0.05, 0.1) is 5.69 Å². The molecule has 1 aliphatic carbocycles. The molecule has 0 saturated heterocycles. The predicted octanol–water partition coefficient (Wildman–Crippen LogP) is 6.89. The molecule has 0 unspecified atom stereocenters. The number of rotatable bonds is 2. The van der Waals surface area contributed by atoms with Crippen molar-refractivity contribution in [2.24, 2.45) is 5.92 Å². The molecule has 1 aromatic heterocycles. The summed E-state index contributed by atoms with van der Waals surface area (Å²) in [6, 6.07) is 20.2. The Bertz CT molecular complexity index is 1190. The second-order valence-corrected chi connectivity index (χ2v) is 8.84. The van der Waals surface area contributed by atoms with Gasteiger partial charge in [0.1, 0.15) is 0 Å². The molecule has 0 aliphatic heterocycles. The van der Waals surface area contributed by atoms with Gasteiger partial charge >= 0.3 is 0 Å². The molecule has 27 heavy (non-hydrogen) atoms. The van der Waals surface area contributed by atoms with Gasteiger partial charge in [-0.25, -0.2) is 0 Å². The molecule has 1 heterocycles. The molecular formula is C26H25N. The van der Waals surface area contributed by atoms with Gasteiger partial charge in [-0.2, -0.15) is 0 Å². The van der Waals surface area contributed by atoms with E-state index in [2.05, 4.69) is 88.5 Å². The molecule has 0 N–H and O–H groups in total. The highest BCUT2D eigenvalue weighted by Gasteiger charge is 2.35. The van der Waals surface area contributed by atoms with Crippen LogP contribution in [0, 0.1) is 5.92 Å². The number of pyridine rings is 1. The van der Waals surface area contributed by atoms with Crippen LogP contribution in [0.5, 0.6) is 0 Å². The number of aromatic nitrogens is 1. The van der Waals surface area contributed by atoms with Gasteiger partial charge in [0, 0.05) is 22.6 Å². The molecule has 3 aromatic carbocycles. The van der Waals surface area contributed by atoms with Crippen LogP contribution < -0.4 is 0 Å². The maximum Gasteiger partial charge on any atom is 0.0755 e. The van der Waals surface area contributed by atoms with Gasteiger partial charge in [0.25, 0.3) is 0 Å². The highest BCUT2D eigenvalue weighted by atomic mass is 14.7. The van der Waals surface area contributed by atoms with Gasteiger partial charge in [0.2, 0.25) is 0 Å². The Morgan fingerprint density at radius 2 is 1.70 bits per heavy atom. The van der Waals surface area contributed by atoms with E-state index in [4.69, 9.17) is 4.98 Å². The fourth-order valence-electron chi connectivity index (χ4n) is 4.89. The molecule has 0 fully saturated rings. The average Bonchev–Trinajstić information content (AvgIpc) is 2.64. The molecule has 5 rings (SSSR count). The SMILES string of the molecule is CC(C)Cc1ccc2cnc3c(c2c1)C(C)(C)c1cccc2cccc-3c12. The van der Waals surface area contributed by atoms with Crippen LogP contribution in [-0.2, 0) is 11.8 Å². The number of hydrogen-bond donors (Lipinski definition) is 0. The maximum absolute atomic E-state index is 4.96. The van der Waals surface area contributed by atoms with E-state index >= 15 is 0 Å². The van der Waals surface area contributed by atoms with E-state index < -0.39 is 0 Å². The van der Waals surface area contributed by atoms with Crippen molar-refractivity contribution in [3.8, 4) is 11.3 Å². The summed E-state index contributed by atoms with van der Waals surface area (Å²) in [5.74, 6) is 0.655. The Hall–Kier alpha value is -2.67. The molecule has 134 valence electrons. The highest BCUT2D eigenvalue weighted by Crippen LogP contribution is 2.49. The summed E-state index contributed by atoms with van der Waals surface area (Å²) < 4.78 is 0. The van der Waals surface area contributed by atoms with Crippen molar-refractivity contribution < 1.29 is 0 Å². The number of fused-ring (bicyclic) bond motifs is 4. The van der Waals surface area contributed by atoms with Crippen molar-refractivity contribution >= 4 is 21.5 Å². The van der Waals surface area contributed by atoms with Crippen LogP contribution in [0.4, 0.5) is 0 Å². The maximum atomic E-state index is 4.96. The first-order valence-corrected chi connectivity index (χ1v) is 9.91. The van der Waals surface area contributed by atoms with Gasteiger partial charge in [-0.1, -0.05) is 82.3 Å². The topological polar surface area (TPSA) is 12.9 Å². The lowest BCUT2D eigenvalue weighted by molar-refractivity contribution is 0.644. The predicted molar refractivity (Wildman–Crippen MR) is 115 cm³/mol. The van der Waals surface area contributed by atoms with Crippen molar-refractivity contribution in [2.75, 3.05) is 0 Å². The lowest BCUT2D eigenvalue weighted by Crippen LogP contribution is -2.24. The average molecular weight is 351 g/mol. The fraction of sp³-hybridized carbons (Fsp3) is 0.269. The zero-order valence-electron chi connectivity index (χ0n) is 16.5. The number of nitrogens with zero attached hydrogens (tertiary/aromatic N) is 1. The molecule has 0 radical (unpaired) electrons. The first kappa shape index (κ1) is 16.5. The Labute approximate surface area is 161 Å². The Morgan fingerprint density at radius 1 is 0.926 bits per heavy atom. The summed E-state index contributed by atoms with van der Waals surface area (Å²) in [6.45, 7) is 9.28. The lowest BCUT2D eigenvalue weighted by Gasteiger charge is -2.35. The number of benzene rings is 3. The van der Waals surface area contributed by atoms with Crippen molar-refractivity contribution in [3.05, 3.63) is 77.5 Å². The number of hydrogen-bond acceptors (Lipinski definition) is 1. The first-order chi connectivity index (χ1) is 13.0. The van der Waals surface area contributed by atoms with Crippen LogP contribution in [0.25, 0.3) is 32.8 Å². The summed E-state index contributed by atoms with van der Waals surface area (Å²) in [5, 5.41) is 5.26. The molecule has 0 amide bonds. The molecule has 4 aromatic rings. The largest absolute Gasteiger partial charge is 0.255 e. The monoisotopic (exact) mass is 351 g/mol. The van der Waals surface area contributed by atoms with Crippen LogP contribution in [0.3, 0.4) is 0 Å².